The number of nitrogens with zero attached hydrogens (tertiary/aromatic N) is 4. The van der Waals surface area contributed by atoms with Crippen molar-refractivity contribution in [3.63, 3.8) is 0 Å². The van der Waals surface area contributed by atoms with Crippen LogP contribution in [-0.2, 0) is 0 Å². The van der Waals surface area contributed by atoms with E-state index < -0.39 is 0 Å². The van der Waals surface area contributed by atoms with Crippen molar-refractivity contribution in [2.45, 2.75) is 0 Å². The SMILES string of the molecule is c1ccc(-c2nc(-c3ccccc3-c3ccc(-c4cc5ccc6cccc7c8cccc9ccc%10cccc(c(c4)c5c67)c%10c98)cc3)nc(-c3ccccc3-c3cccnc3)n2)cc1. The van der Waals surface area contributed by atoms with Crippen molar-refractivity contribution in [3.05, 3.63) is 219 Å². The highest BCUT2D eigenvalue weighted by Gasteiger charge is 2.19. The van der Waals surface area contributed by atoms with Crippen molar-refractivity contribution >= 4 is 64.6 Å². The molecule has 13 rings (SSSR count). The van der Waals surface area contributed by atoms with Crippen molar-refractivity contribution < 1.29 is 0 Å². The molecule has 11 aromatic carbocycles. The van der Waals surface area contributed by atoms with E-state index in [1.165, 1.54) is 70.2 Å². The second-order valence-electron chi connectivity index (χ2n) is 16.5. The molecule has 0 aliphatic rings. The fraction of sp³-hybridized carbons (Fsp3) is 0. The molecule has 0 unspecified atom stereocenters. The average Bonchev–Trinajstić information content (AvgIpc) is 3.37. The summed E-state index contributed by atoms with van der Waals surface area (Å²) in [6.45, 7) is 0. The van der Waals surface area contributed by atoms with Crippen LogP contribution in [0.25, 0.3) is 132 Å². The lowest BCUT2D eigenvalue weighted by Gasteiger charge is -2.17. The number of pyridine rings is 1. The van der Waals surface area contributed by atoms with Crippen LogP contribution in [0.2, 0.25) is 0 Å². The van der Waals surface area contributed by atoms with Crippen LogP contribution in [0.15, 0.2) is 219 Å². The summed E-state index contributed by atoms with van der Waals surface area (Å²) in [4.78, 5) is 19.9. The molecular formula is C60H36N4. The molecule has 2 heterocycles. The predicted molar refractivity (Wildman–Crippen MR) is 266 cm³/mol. The smallest absolute Gasteiger partial charge is 0.164 e. The lowest BCUT2D eigenvalue weighted by Crippen LogP contribution is -2.02. The molecule has 296 valence electrons. The molecule has 0 atom stereocenters. The van der Waals surface area contributed by atoms with Crippen molar-refractivity contribution in [3.8, 4) is 67.5 Å². The van der Waals surface area contributed by atoms with Gasteiger partial charge in [0.1, 0.15) is 0 Å². The summed E-state index contributed by atoms with van der Waals surface area (Å²) >= 11 is 0. The van der Waals surface area contributed by atoms with Gasteiger partial charge in [0.05, 0.1) is 0 Å². The molecule has 0 N–H and O–H groups in total. The van der Waals surface area contributed by atoms with E-state index in [0.717, 1.165) is 44.5 Å². The van der Waals surface area contributed by atoms with Gasteiger partial charge in [-0.25, -0.2) is 15.0 Å². The molecule has 0 radical (unpaired) electrons. The van der Waals surface area contributed by atoms with Gasteiger partial charge in [0.2, 0.25) is 0 Å². The minimum absolute atomic E-state index is 0.607. The van der Waals surface area contributed by atoms with Crippen LogP contribution in [0.5, 0.6) is 0 Å². The molecule has 0 bridgehead atoms. The van der Waals surface area contributed by atoms with E-state index >= 15 is 0 Å². The number of benzene rings is 10. The van der Waals surface area contributed by atoms with Gasteiger partial charge in [-0.15, -0.1) is 0 Å². The number of fused-ring (bicyclic) bond motifs is 2. The van der Waals surface area contributed by atoms with Crippen LogP contribution in [0, 0.1) is 0 Å². The Balaban J connectivity index is 0.976. The number of aromatic nitrogens is 4. The highest BCUT2D eigenvalue weighted by molar-refractivity contribution is 6.37. The third kappa shape index (κ3) is 5.77. The van der Waals surface area contributed by atoms with Crippen molar-refractivity contribution in [2.75, 3.05) is 0 Å². The van der Waals surface area contributed by atoms with Crippen LogP contribution in [-0.4, -0.2) is 19.9 Å². The Labute approximate surface area is 369 Å². The molecule has 4 heteroatoms. The third-order valence-corrected chi connectivity index (χ3v) is 12.9. The maximum absolute atomic E-state index is 5.23. The van der Waals surface area contributed by atoms with Crippen LogP contribution >= 0.6 is 0 Å². The number of hydrogen-bond acceptors (Lipinski definition) is 4. The third-order valence-electron chi connectivity index (χ3n) is 12.9. The maximum Gasteiger partial charge on any atom is 0.164 e. The lowest BCUT2D eigenvalue weighted by atomic mass is 9.86. The predicted octanol–water partition coefficient (Wildman–Crippen LogP) is 15.6. The summed E-state index contributed by atoms with van der Waals surface area (Å²) in [5.74, 6) is 1.84. The molecule has 64 heavy (non-hydrogen) atoms. The Morgan fingerprint density at radius 1 is 0.250 bits per heavy atom. The highest BCUT2D eigenvalue weighted by atomic mass is 15.0. The fourth-order valence-electron chi connectivity index (χ4n) is 10.0. The van der Waals surface area contributed by atoms with E-state index in [9.17, 15) is 0 Å². The van der Waals surface area contributed by atoms with Gasteiger partial charge in [0.25, 0.3) is 0 Å². The first-order valence-electron chi connectivity index (χ1n) is 21.7. The zero-order chi connectivity index (χ0) is 42.1. The van der Waals surface area contributed by atoms with E-state index in [-0.39, 0.29) is 0 Å². The van der Waals surface area contributed by atoms with Gasteiger partial charge in [-0.3, -0.25) is 4.98 Å². The van der Waals surface area contributed by atoms with Crippen LogP contribution in [0.3, 0.4) is 0 Å². The quantitative estimate of drug-likeness (QED) is 0.157. The largest absolute Gasteiger partial charge is 0.264 e. The molecule has 0 amide bonds. The standard InChI is InChI=1S/C60H36N4/c1-2-12-42(13-3-1)58-62-59(64-60(63-58)52-21-7-5-19-47(52)44-17-11-33-61-36-44)51-20-6-4-18-46(51)38-27-25-37(26-28-38)45-34-43-32-31-41-15-9-23-49-48-22-8-14-39-29-30-40-16-10-24-50(56(40)54(39)48)53(35-45)57(43)55(41)49/h1-36H. The second-order valence-corrected chi connectivity index (χ2v) is 16.5. The number of rotatable bonds is 6. The first-order chi connectivity index (χ1) is 31.7. The lowest BCUT2D eigenvalue weighted by molar-refractivity contribution is 1.07. The van der Waals surface area contributed by atoms with E-state index in [4.69, 9.17) is 15.0 Å². The first-order valence-corrected chi connectivity index (χ1v) is 21.7. The van der Waals surface area contributed by atoms with E-state index in [2.05, 4.69) is 163 Å². The number of hydrogen-bond donors (Lipinski definition) is 0. The minimum Gasteiger partial charge on any atom is -0.264 e. The van der Waals surface area contributed by atoms with Crippen LogP contribution < -0.4 is 0 Å². The van der Waals surface area contributed by atoms with Gasteiger partial charge in [-0.2, -0.15) is 0 Å². The molecule has 0 aliphatic heterocycles. The molecule has 0 spiro atoms. The highest BCUT2D eigenvalue weighted by Crippen LogP contribution is 2.45. The summed E-state index contributed by atoms with van der Waals surface area (Å²) in [6, 6.07) is 74.0. The summed E-state index contributed by atoms with van der Waals surface area (Å²) < 4.78 is 0. The minimum atomic E-state index is 0.607. The Morgan fingerprint density at radius 2 is 0.719 bits per heavy atom. The zero-order valence-electron chi connectivity index (χ0n) is 34.6. The van der Waals surface area contributed by atoms with Crippen LogP contribution in [0.1, 0.15) is 0 Å². The molecule has 0 saturated carbocycles. The van der Waals surface area contributed by atoms with Gasteiger partial charge in [0, 0.05) is 34.6 Å². The van der Waals surface area contributed by atoms with Crippen molar-refractivity contribution in [2.24, 2.45) is 0 Å². The van der Waals surface area contributed by atoms with E-state index in [0.29, 0.717) is 17.5 Å². The van der Waals surface area contributed by atoms with Crippen molar-refractivity contribution in [1.82, 2.24) is 19.9 Å². The maximum atomic E-state index is 5.23. The molecule has 0 saturated heterocycles. The molecule has 2 aromatic heterocycles. The first kappa shape index (κ1) is 36.1. The van der Waals surface area contributed by atoms with Crippen molar-refractivity contribution in [1.29, 1.82) is 0 Å². The second kappa shape index (κ2) is 14.5. The van der Waals surface area contributed by atoms with Gasteiger partial charge in [-0.1, -0.05) is 188 Å². The molecule has 13 aromatic rings. The monoisotopic (exact) mass is 812 g/mol. The van der Waals surface area contributed by atoms with E-state index in [1.54, 1.807) is 6.20 Å². The Kier molecular flexibility index (Phi) is 8.18. The van der Waals surface area contributed by atoms with Gasteiger partial charge < -0.3 is 0 Å². The Hall–Kier alpha value is -8.60. The molecule has 0 fully saturated rings. The normalized spacial score (nSPS) is 11.8. The Morgan fingerprint density at radius 3 is 1.30 bits per heavy atom. The summed E-state index contributed by atoms with van der Waals surface area (Å²) in [6.07, 6.45) is 3.67. The molecule has 4 nitrogen and oxygen atoms in total. The van der Waals surface area contributed by atoms with Gasteiger partial charge in [0.15, 0.2) is 17.5 Å². The Bertz CT molecular complexity index is 3930. The molecule has 0 aliphatic carbocycles. The average molecular weight is 813 g/mol. The molecular weight excluding hydrogens is 777 g/mol. The van der Waals surface area contributed by atoms with Gasteiger partial charge >= 0.3 is 0 Å². The summed E-state index contributed by atoms with van der Waals surface area (Å²) in [5.41, 5.74) is 9.25. The summed E-state index contributed by atoms with van der Waals surface area (Å²) in [7, 11) is 0. The van der Waals surface area contributed by atoms with E-state index in [1.807, 2.05) is 54.7 Å². The van der Waals surface area contributed by atoms with Crippen LogP contribution in [0.4, 0.5) is 0 Å². The van der Waals surface area contributed by atoms with Gasteiger partial charge in [-0.05, 0) is 111 Å². The fourth-order valence-corrected chi connectivity index (χ4v) is 10.0. The summed E-state index contributed by atoms with van der Waals surface area (Å²) in [5, 5.41) is 15.3. The topological polar surface area (TPSA) is 51.6 Å². The zero-order valence-corrected chi connectivity index (χ0v) is 34.6.